The first-order chi connectivity index (χ1) is 4.29. The Hall–Kier alpha value is -0.300. The number of nitrogens with two attached hydrogens (primary N) is 1. The molecule has 0 amide bonds. The molecule has 0 aromatic rings. The zero-order valence-corrected chi connectivity index (χ0v) is 6.22. The van der Waals surface area contributed by atoms with Gasteiger partial charge >= 0.3 is 0 Å². The fraction of sp³-hybridized carbons (Fsp3) is 0.750. The quantitative estimate of drug-likeness (QED) is 0.558. The molecule has 1 aliphatic rings. The lowest BCUT2D eigenvalue weighted by molar-refractivity contribution is 0.468. The molecule has 2 unspecified atom stereocenters. The maximum Gasteiger partial charge on any atom is 0.0317 e. The van der Waals surface area contributed by atoms with Crippen LogP contribution in [0.5, 0.6) is 0 Å². The van der Waals surface area contributed by atoms with Crippen LogP contribution < -0.4 is 5.73 Å². The second kappa shape index (κ2) is 2.53. The van der Waals surface area contributed by atoms with Crippen molar-refractivity contribution in [1.82, 2.24) is 0 Å². The van der Waals surface area contributed by atoms with Gasteiger partial charge in [0.15, 0.2) is 0 Å². The Labute approximate surface area is 56.9 Å². The molecule has 9 heavy (non-hydrogen) atoms. The highest BCUT2D eigenvalue weighted by molar-refractivity contribution is 5.25. The Morgan fingerprint density at radius 3 is 2.56 bits per heavy atom. The molecule has 0 saturated heterocycles. The highest BCUT2D eigenvalue weighted by atomic mass is 14.7. The van der Waals surface area contributed by atoms with Crippen LogP contribution in [0, 0.1) is 5.92 Å². The molecule has 0 aromatic heterocycles. The van der Waals surface area contributed by atoms with Gasteiger partial charge in [-0.05, 0) is 18.8 Å². The summed E-state index contributed by atoms with van der Waals surface area (Å²) >= 11 is 0. The van der Waals surface area contributed by atoms with E-state index in [-0.39, 0.29) is 0 Å². The van der Waals surface area contributed by atoms with Gasteiger partial charge in [-0.3, -0.25) is 0 Å². The van der Waals surface area contributed by atoms with Gasteiger partial charge in [-0.2, -0.15) is 0 Å². The predicted octanol–water partition coefficient (Wildman–Crippen LogP) is 1.69. The van der Waals surface area contributed by atoms with Crippen molar-refractivity contribution in [3.8, 4) is 0 Å². The highest BCUT2D eigenvalue weighted by Gasteiger charge is 2.25. The first kappa shape index (κ1) is 6.81. The van der Waals surface area contributed by atoms with Gasteiger partial charge in [0.2, 0.25) is 0 Å². The number of hydrogen-bond acceptors (Lipinski definition) is 1. The van der Waals surface area contributed by atoms with Crippen LogP contribution in [0.3, 0.4) is 0 Å². The zero-order valence-electron chi connectivity index (χ0n) is 6.22. The number of rotatable bonds is 2. The summed E-state index contributed by atoms with van der Waals surface area (Å²) in [5.41, 5.74) is 7.27. The van der Waals surface area contributed by atoms with Gasteiger partial charge < -0.3 is 5.73 Å². The summed E-state index contributed by atoms with van der Waals surface area (Å²) in [6, 6.07) is 0.389. The lowest BCUT2D eigenvalue weighted by Crippen LogP contribution is -2.38. The Bertz CT molecular complexity index is 127. The lowest BCUT2D eigenvalue weighted by Gasteiger charge is -2.31. The van der Waals surface area contributed by atoms with E-state index in [4.69, 9.17) is 5.73 Å². The van der Waals surface area contributed by atoms with Gasteiger partial charge in [-0.1, -0.05) is 25.5 Å². The van der Waals surface area contributed by atoms with Crippen LogP contribution in [-0.2, 0) is 0 Å². The third kappa shape index (κ3) is 1.01. The van der Waals surface area contributed by atoms with Crippen LogP contribution in [0.4, 0.5) is 0 Å². The molecule has 0 radical (unpaired) electrons. The average molecular weight is 125 g/mol. The normalized spacial score (nSPS) is 33.4. The molecule has 1 rings (SSSR count). The molecule has 1 aliphatic carbocycles. The molecule has 0 saturated carbocycles. The molecular weight excluding hydrogens is 110 g/mol. The molecule has 2 N–H and O–H groups in total. The molecule has 0 heterocycles. The van der Waals surface area contributed by atoms with Crippen molar-refractivity contribution in [3.63, 3.8) is 0 Å². The summed E-state index contributed by atoms with van der Waals surface area (Å²) in [6.07, 6.45) is 4.65. The van der Waals surface area contributed by atoms with E-state index in [0.717, 1.165) is 6.42 Å². The van der Waals surface area contributed by atoms with Crippen molar-refractivity contribution in [2.24, 2.45) is 11.7 Å². The summed E-state index contributed by atoms with van der Waals surface area (Å²) < 4.78 is 0. The molecule has 0 spiro atoms. The van der Waals surface area contributed by atoms with Crippen LogP contribution in [0.25, 0.3) is 0 Å². The fourth-order valence-corrected chi connectivity index (χ4v) is 1.37. The van der Waals surface area contributed by atoms with Crippen molar-refractivity contribution < 1.29 is 0 Å². The maximum atomic E-state index is 5.82. The van der Waals surface area contributed by atoms with E-state index in [2.05, 4.69) is 19.9 Å². The van der Waals surface area contributed by atoms with Gasteiger partial charge in [0, 0.05) is 6.04 Å². The summed E-state index contributed by atoms with van der Waals surface area (Å²) in [4.78, 5) is 0. The highest BCUT2D eigenvalue weighted by Crippen LogP contribution is 2.28. The minimum Gasteiger partial charge on any atom is -0.324 e. The van der Waals surface area contributed by atoms with E-state index in [9.17, 15) is 0 Å². The van der Waals surface area contributed by atoms with Crippen LogP contribution in [0.2, 0.25) is 0 Å². The van der Waals surface area contributed by atoms with Gasteiger partial charge in [0.1, 0.15) is 0 Å². The van der Waals surface area contributed by atoms with Crippen LogP contribution >= 0.6 is 0 Å². The SMILES string of the molecule is CCC1=CC(CC)C1N. The zero-order chi connectivity index (χ0) is 6.85. The predicted molar refractivity (Wildman–Crippen MR) is 40.1 cm³/mol. The molecule has 0 bridgehead atoms. The Morgan fingerprint density at radius 1 is 1.56 bits per heavy atom. The first-order valence-electron chi connectivity index (χ1n) is 3.75. The molecule has 2 atom stereocenters. The number of hydrogen-bond donors (Lipinski definition) is 1. The van der Waals surface area contributed by atoms with Gasteiger partial charge in [-0.25, -0.2) is 0 Å². The minimum atomic E-state index is 0.389. The topological polar surface area (TPSA) is 26.0 Å². The lowest BCUT2D eigenvalue weighted by atomic mass is 9.78. The summed E-state index contributed by atoms with van der Waals surface area (Å²) in [5.74, 6) is 0.681. The largest absolute Gasteiger partial charge is 0.324 e. The van der Waals surface area contributed by atoms with Crippen molar-refractivity contribution in [1.29, 1.82) is 0 Å². The van der Waals surface area contributed by atoms with Crippen molar-refractivity contribution >= 4 is 0 Å². The molecule has 1 nitrogen and oxygen atoms in total. The smallest absolute Gasteiger partial charge is 0.0317 e. The second-order valence-electron chi connectivity index (χ2n) is 2.69. The van der Waals surface area contributed by atoms with E-state index in [1.807, 2.05) is 0 Å². The first-order valence-corrected chi connectivity index (χ1v) is 3.75. The summed E-state index contributed by atoms with van der Waals surface area (Å²) in [5, 5.41) is 0. The molecule has 0 aliphatic heterocycles. The van der Waals surface area contributed by atoms with E-state index in [1.165, 1.54) is 12.0 Å². The molecule has 0 fully saturated rings. The Morgan fingerprint density at radius 2 is 2.22 bits per heavy atom. The average Bonchev–Trinajstić information content (AvgIpc) is 1.87. The molecule has 52 valence electrons. The van der Waals surface area contributed by atoms with Crippen molar-refractivity contribution in [2.45, 2.75) is 32.7 Å². The van der Waals surface area contributed by atoms with E-state index in [1.54, 1.807) is 0 Å². The fourth-order valence-electron chi connectivity index (χ4n) is 1.37. The third-order valence-corrected chi connectivity index (χ3v) is 2.20. The van der Waals surface area contributed by atoms with Crippen LogP contribution in [0.1, 0.15) is 26.7 Å². The summed E-state index contributed by atoms with van der Waals surface area (Å²) in [6.45, 7) is 4.35. The Balaban J connectivity index is 2.45. The summed E-state index contributed by atoms with van der Waals surface area (Å²) in [7, 11) is 0. The van der Waals surface area contributed by atoms with Crippen molar-refractivity contribution in [2.75, 3.05) is 0 Å². The van der Waals surface area contributed by atoms with E-state index >= 15 is 0 Å². The van der Waals surface area contributed by atoms with Gasteiger partial charge in [-0.15, -0.1) is 0 Å². The molecular formula is C8H15N. The van der Waals surface area contributed by atoms with E-state index < -0.39 is 0 Å². The van der Waals surface area contributed by atoms with Gasteiger partial charge in [0.25, 0.3) is 0 Å². The van der Waals surface area contributed by atoms with Crippen molar-refractivity contribution in [3.05, 3.63) is 11.6 Å². The van der Waals surface area contributed by atoms with Crippen LogP contribution in [0.15, 0.2) is 11.6 Å². The third-order valence-electron chi connectivity index (χ3n) is 2.20. The molecule has 1 heteroatoms. The monoisotopic (exact) mass is 125 g/mol. The maximum absolute atomic E-state index is 5.82. The minimum absolute atomic E-state index is 0.389. The van der Waals surface area contributed by atoms with Gasteiger partial charge in [0.05, 0.1) is 0 Å². The van der Waals surface area contributed by atoms with Crippen LogP contribution in [-0.4, -0.2) is 6.04 Å². The second-order valence-corrected chi connectivity index (χ2v) is 2.69. The van der Waals surface area contributed by atoms with E-state index in [0.29, 0.717) is 12.0 Å². The molecule has 0 aromatic carbocycles. The Kier molecular flexibility index (Phi) is 1.91. The standard InChI is InChI=1S/C8H15N/c1-3-6-5-7(4-2)8(6)9/h5-6,8H,3-4,9H2,1-2H3.